The van der Waals surface area contributed by atoms with Crippen LogP contribution in [0.15, 0.2) is 54.6 Å². The predicted octanol–water partition coefficient (Wildman–Crippen LogP) is 4.53. The first kappa shape index (κ1) is 17.2. The van der Waals surface area contributed by atoms with Crippen LogP contribution in [0.4, 0.5) is 5.69 Å². The van der Waals surface area contributed by atoms with Crippen LogP contribution in [0.1, 0.15) is 48.0 Å². The fourth-order valence-electron chi connectivity index (χ4n) is 2.68. The molecule has 1 amide bonds. The topological polar surface area (TPSA) is 55.1 Å². The van der Waals surface area contributed by atoms with Gasteiger partial charge in [0.2, 0.25) is 0 Å². The van der Waals surface area contributed by atoms with Crippen molar-refractivity contribution in [2.45, 2.75) is 45.1 Å². The zero-order valence-electron chi connectivity index (χ0n) is 13.8. The predicted molar refractivity (Wildman–Crippen MR) is 96.6 cm³/mol. The Morgan fingerprint density at radius 1 is 0.957 bits per heavy atom. The average Bonchev–Trinajstić information content (AvgIpc) is 2.57. The van der Waals surface area contributed by atoms with Crippen molar-refractivity contribution in [2.24, 2.45) is 5.73 Å². The molecule has 3 N–H and O–H groups in total. The molecule has 3 rings (SSSR count). The molecule has 0 spiro atoms. The number of carbonyl (C=O) groups is 1. The third-order valence-electron chi connectivity index (χ3n) is 4.07. The molecule has 0 heterocycles. The van der Waals surface area contributed by atoms with E-state index < -0.39 is 0 Å². The van der Waals surface area contributed by atoms with Gasteiger partial charge in [-0.2, -0.15) is 0 Å². The monoisotopic (exact) mass is 310 g/mol. The van der Waals surface area contributed by atoms with Crippen molar-refractivity contribution in [1.82, 2.24) is 0 Å². The van der Waals surface area contributed by atoms with Crippen molar-refractivity contribution < 1.29 is 4.79 Å². The van der Waals surface area contributed by atoms with Gasteiger partial charge in [0.1, 0.15) is 0 Å². The Hall–Kier alpha value is -2.13. The number of hydrogen-bond donors (Lipinski definition) is 2. The van der Waals surface area contributed by atoms with E-state index in [4.69, 9.17) is 5.73 Å². The van der Waals surface area contributed by atoms with E-state index in [9.17, 15) is 4.79 Å². The number of nitrogens with two attached hydrogens (primary N) is 1. The fourth-order valence-corrected chi connectivity index (χ4v) is 2.68. The first-order chi connectivity index (χ1) is 11.2. The van der Waals surface area contributed by atoms with Crippen molar-refractivity contribution in [2.75, 3.05) is 5.32 Å². The van der Waals surface area contributed by atoms with Crippen LogP contribution in [0, 0.1) is 6.92 Å². The highest BCUT2D eigenvalue weighted by atomic mass is 16.1. The van der Waals surface area contributed by atoms with Gasteiger partial charge in [-0.05, 0) is 43.5 Å². The van der Waals surface area contributed by atoms with Crippen LogP contribution < -0.4 is 11.1 Å². The van der Waals surface area contributed by atoms with E-state index >= 15 is 0 Å². The van der Waals surface area contributed by atoms with Gasteiger partial charge in [-0.15, -0.1) is 0 Å². The van der Waals surface area contributed by atoms with E-state index in [2.05, 4.69) is 5.32 Å². The molecule has 0 unspecified atom stereocenters. The minimum absolute atomic E-state index is 0.0655. The number of amides is 1. The van der Waals surface area contributed by atoms with Crippen molar-refractivity contribution in [3.63, 3.8) is 0 Å². The van der Waals surface area contributed by atoms with Crippen molar-refractivity contribution in [1.29, 1.82) is 0 Å². The lowest BCUT2D eigenvalue weighted by atomic mass is 9.97. The largest absolute Gasteiger partial charge is 0.328 e. The highest BCUT2D eigenvalue weighted by molar-refractivity contribution is 6.05. The van der Waals surface area contributed by atoms with Gasteiger partial charge in [-0.3, -0.25) is 4.79 Å². The van der Waals surface area contributed by atoms with Gasteiger partial charge in [-0.1, -0.05) is 55.7 Å². The Bertz CT molecular complexity index is 604. The van der Waals surface area contributed by atoms with Gasteiger partial charge >= 0.3 is 0 Å². The van der Waals surface area contributed by atoms with E-state index in [0.717, 1.165) is 11.3 Å². The maximum absolute atomic E-state index is 11.9. The number of carbonyl (C=O) groups excluding carboxylic acids is 1. The van der Waals surface area contributed by atoms with E-state index in [0.29, 0.717) is 11.6 Å². The molecule has 1 saturated carbocycles. The standard InChI is InChI=1S/C14H13NO.C6H13N/c1-11-7-5-6-10-13(11)14(16)15-12-8-3-2-4-9-12;7-6-4-2-1-3-5-6/h2-10H,1H3,(H,15,16);6H,1-5,7H2. The lowest BCUT2D eigenvalue weighted by Crippen LogP contribution is -2.22. The van der Waals surface area contributed by atoms with Crippen molar-refractivity contribution in [3.05, 3.63) is 65.7 Å². The van der Waals surface area contributed by atoms with Crippen LogP contribution in [0.3, 0.4) is 0 Å². The van der Waals surface area contributed by atoms with Gasteiger partial charge in [-0.25, -0.2) is 0 Å². The lowest BCUT2D eigenvalue weighted by molar-refractivity contribution is 0.102. The molecule has 1 fully saturated rings. The van der Waals surface area contributed by atoms with E-state index in [1.54, 1.807) is 0 Å². The summed E-state index contributed by atoms with van der Waals surface area (Å²) in [6, 6.07) is 17.5. The molecule has 0 aromatic heterocycles. The molecule has 0 radical (unpaired) electrons. The van der Waals surface area contributed by atoms with Gasteiger partial charge in [0.25, 0.3) is 5.91 Å². The Kier molecular flexibility index (Phi) is 6.82. The highest BCUT2D eigenvalue weighted by Gasteiger charge is 2.07. The summed E-state index contributed by atoms with van der Waals surface area (Å²) in [6.07, 6.45) is 6.66. The van der Waals surface area contributed by atoms with Gasteiger partial charge in [0.05, 0.1) is 0 Å². The second-order valence-electron chi connectivity index (χ2n) is 6.03. The number of anilines is 1. The minimum Gasteiger partial charge on any atom is -0.328 e. The summed E-state index contributed by atoms with van der Waals surface area (Å²) in [5.41, 5.74) is 8.15. The first-order valence-electron chi connectivity index (χ1n) is 8.34. The molecule has 2 aromatic rings. The number of para-hydroxylation sites is 1. The quantitative estimate of drug-likeness (QED) is 0.856. The first-order valence-corrected chi connectivity index (χ1v) is 8.34. The zero-order valence-corrected chi connectivity index (χ0v) is 13.8. The van der Waals surface area contributed by atoms with Gasteiger partial charge < -0.3 is 11.1 Å². The maximum atomic E-state index is 11.9. The van der Waals surface area contributed by atoms with Crippen LogP contribution >= 0.6 is 0 Å². The molecule has 0 saturated heterocycles. The molecule has 0 atom stereocenters. The minimum atomic E-state index is -0.0655. The molecule has 3 nitrogen and oxygen atoms in total. The molecule has 3 heteroatoms. The third kappa shape index (κ3) is 5.87. The SMILES string of the molecule is Cc1ccccc1C(=O)Nc1ccccc1.NC1CCCCC1. The smallest absolute Gasteiger partial charge is 0.255 e. The van der Waals surface area contributed by atoms with Crippen LogP contribution in [0.5, 0.6) is 0 Å². The second kappa shape index (κ2) is 9.11. The molecule has 0 aliphatic heterocycles. The molecule has 0 bridgehead atoms. The van der Waals surface area contributed by atoms with E-state index in [-0.39, 0.29) is 5.91 Å². The molecule has 1 aliphatic rings. The van der Waals surface area contributed by atoms with Crippen molar-refractivity contribution >= 4 is 11.6 Å². The number of rotatable bonds is 2. The van der Waals surface area contributed by atoms with Crippen LogP contribution in [0.2, 0.25) is 0 Å². The fraction of sp³-hybridized carbons (Fsp3) is 0.350. The highest BCUT2D eigenvalue weighted by Crippen LogP contribution is 2.14. The normalized spacial score (nSPS) is 14.5. The Morgan fingerprint density at radius 3 is 2.13 bits per heavy atom. The second-order valence-corrected chi connectivity index (χ2v) is 6.03. The Balaban J connectivity index is 0.000000229. The third-order valence-corrected chi connectivity index (χ3v) is 4.07. The lowest BCUT2D eigenvalue weighted by Gasteiger charge is -2.15. The summed E-state index contributed by atoms with van der Waals surface area (Å²) in [5, 5.41) is 2.86. The van der Waals surface area contributed by atoms with Gasteiger partial charge in [0, 0.05) is 17.3 Å². The van der Waals surface area contributed by atoms with Gasteiger partial charge in [0.15, 0.2) is 0 Å². The van der Waals surface area contributed by atoms with Crippen LogP contribution in [-0.4, -0.2) is 11.9 Å². The summed E-state index contributed by atoms with van der Waals surface area (Å²) >= 11 is 0. The van der Waals surface area contributed by atoms with Crippen molar-refractivity contribution in [3.8, 4) is 0 Å². The summed E-state index contributed by atoms with van der Waals surface area (Å²) in [4.78, 5) is 11.9. The number of nitrogens with one attached hydrogen (secondary N) is 1. The Labute approximate surface area is 138 Å². The zero-order chi connectivity index (χ0) is 16.5. The molecular weight excluding hydrogens is 284 g/mol. The Morgan fingerprint density at radius 2 is 1.57 bits per heavy atom. The molecular formula is C20H26N2O. The number of benzene rings is 2. The van der Waals surface area contributed by atoms with E-state index in [1.165, 1.54) is 32.1 Å². The molecule has 122 valence electrons. The molecule has 1 aliphatic carbocycles. The summed E-state index contributed by atoms with van der Waals surface area (Å²) < 4.78 is 0. The van der Waals surface area contributed by atoms with Crippen LogP contribution in [-0.2, 0) is 0 Å². The van der Waals surface area contributed by atoms with E-state index in [1.807, 2.05) is 61.5 Å². The average molecular weight is 310 g/mol. The summed E-state index contributed by atoms with van der Waals surface area (Å²) in [7, 11) is 0. The van der Waals surface area contributed by atoms with Crippen LogP contribution in [0.25, 0.3) is 0 Å². The number of aryl methyl sites for hydroxylation is 1. The number of hydrogen-bond acceptors (Lipinski definition) is 2. The molecule has 23 heavy (non-hydrogen) atoms. The molecule has 2 aromatic carbocycles. The summed E-state index contributed by atoms with van der Waals surface area (Å²) in [6.45, 7) is 1.93. The summed E-state index contributed by atoms with van der Waals surface area (Å²) in [5.74, 6) is -0.0655. The maximum Gasteiger partial charge on any atom is 0.255 e.